The molecule has 0 aromatic heterocycles. The van der Waals surface area contributed by atoms with Crippen molar-refractivity contribution in [1.29, 1.82) is 0 Å². The Morgan fingerprint density at radius 2 is 2.00 bits per heavy atom. The second-order valence-corrected chi connectivity index (χ2v) is 5.56. The maximum atomic E-state index is 10.2. The second-order valence-electron chi connectivity index (χ2n) is 5.56. The van der Waals surface area contributed by atoms with Crippen molar-refractivity contribution in [3.05, 3.63) is 35.9 Å². The van der Waals surface area contributed by atoms with Crippen LogP contribution < -0.4 is 0 Å². The van der Waals surface area contributed by atoms with Crippen molar-refractivity contribution in [2.75, 3.05) is 33.2 Å². The summed E-state index contributed by atoms with van der Waals surface area (Å²) in [6, 6.07) is 10.6. The minimum absolute atomic E-state index is 0.332. The van der Waals surface area contributed by atoms with E-state index in [1.165, 1.54) is 6.42 Å². The first-order valence-corrected chi connectivity index (χ1v) is 7.36. The average molecular weight is 262 g/mol. The molecule has 2 rings (SSSR count). The Hall–Kier alpha value is -0.900. The zero-order valence-electron chi connectivity index (χ0n) is 12.1. The van der Waals surface area contributed by atoms with Crippen LogP contribution in [-0.4, -0.2) is 54.2 Å². The van der Waals surface area contributed by atoms with Crippen molar-refractivity contribution < 1.29 is 5.11 Å². The number of piperazine rings is 1. The summed E-state index contributed by atoms with van der Waals surface area (Å²) in [7, 11) is 2.21. The third-order valence-electron chi connectivity index (χ3n) is 4.24. The molecule has 1 fully saturated rings. The van der Waals surface area contributed by atoms with E-state index < -0.39 is 0 Å². The lowest BCUT2D eigenvalue weighted by Gasteiger charge is -2.39. The van der Waals surface area contributed by atoms with Crippen LogP contribution >= 0.6 is 0 Å². The second kappa shape index (κ2) is 7.04. The van der Waals surface area contributed by atoms with Gasteiger partial charge in [-0.1, -0.05) is 37.3 Å². The van der Waals surface area contributed by atoms with Gasteiger partial charge < -0.3 is 14.9 Å². The van der Waals surface area contributed by atoms with Crippen LogP contribution in [0, 0.1) is 0 Å². The number of hydrogen-bond acceptors (Lipinski definition) is 3. The number of hydrogen-bond donors (Lipinski definition) is 1. The van der Waals surface area contributed by atoms with Gasteiger partial charge in [0.2, 0.25) is 0 Å². The Morgan fingerprint density at radius 1 is 1.26 bits per heavy atom. The molecular formula is C16H26N2O. The van der Waals surface area contributed by atoms with Crippen molar-refractivity contribution in [2.24, 2.45) is 0 Å². The zero-order chi connectivity index (χ0) is 13.7. The van der Waals surface area contributed by atoms with Crippen molar-refractivity contribution in [3.8, 4) is 0 Å². The summed E-state index contributed by atoms with van der Waals surface area (Å²) < 4.78 is 0. The fourth-order valence-electron chi connectivity index (χ4n) is 2.80. The van der Waals surface area contributed by atoms with E-state index >= 15 is 0 Å². The molecule has 1 saturated heterocycles. The maximum absolute atomic E-state index is 10.2. The summed E-state index contributed by atoms with van der Waals surface area (Å²) in [5.74, 6) is 0. The Morgan fingerprint density at radius 3 is 2.68 bits per heavy atom. The van der Waals surface area contributed by atoms with Crippen LogP contribution in [0.25, 0.3) is 0 Å². The largest absolute Gasteiger partial charge is 0.388 e. The SMILES string of the molecule is CCC1CN(CCC(O)c2ccccc2)CCN1C. The number of rotatable bonds is 5. The summed E-state index contributed by atoms with van der Waals surface area (Å²) in [4.78, 5) is 4.93. The van der Waals surface area contributed by atoms with Crippen LogP contribution in [0.15, 0.2) is 30.3 Å². The predicted molar refractivity (Wildman–Crippen MR) is 79.2 cm³/mol. The smallest absolute Gasteiger partial charge is 0.0802 e. The van der Waals surface area contributed by atoms with Crippen molar-refractivity contribution in [2.45, 2.75) is 31.9 Å². The number of aliphatic hydroxyl groups excluding tert-OH is 1. The number of aliphatic hydroxyl groups is 1. The molecular weight excluding hydrogens is 236 g/mol. The summed E-state index contributed by atoms with van der Waals surface area (Å²) in [6.45, 7) is 6.63. The van der Waals surface area contributed by atoms with Crippen LogP contribution in [0.5, 0.6) is 0 Å². The molecule has 19 heavy (non-hydrogen) atoms. The third-order valence-corrected chi connectivity index (χ3v) is 4.24. The quantitative estimate of drug-likeness (QED) is 0.880. The van der Waals surface area contributed by atoms with Crippen LogP contribution in [0.1, 0.15) is 31.4 Å². The Balaban J connectivity index is 1.79. The Bertz CT molecular complexity index is 368. The van der Waals surface area contributed by atoms with Crippen molar-refractivity contribution in [3.63, 3.8) is 0 Å². The Kier molecular flexibility index (Phi) is 5.37. The number of benzene rings is 1. The highest BCUT2D eigenvalue weighted by atomic mass is 16.3. The van der Waals surface area contributed by atoms with Gasteiger partial charge in [-0.15, -0.1) is 0 Å². The topological polar surface area (TPSA) is 26.7 Å². The van der Waals surface area contributed by atoms with Gasteiger partial charge >= 0.3 is 0 Å². The average Bonchev–Trinajstić information content (AvgIpc) is 2.47. The minimum Gasteiger partial charge on any atom is -0.388 e. The fraction of sp³-hybridized carbons (Fsp3) is 0.625. The Labute approximate surface area is 116 Å². The van der Waals surface area contributed by atoms with Crippen LogP contribution in [0.3, 0.4) is 0 Å². The molecule has 0 radical (unpaired) electrons. The summed E-state index contributed by atoms with van der Waals surface area (Å²) in [5, 5.41) is 10.2. The van der Waals surface area contributed by atoms with Gasteiger partial charge in [-0.2, -0.15) is 0 Å². The number of nitrogens with zero attached hydrogens (tertiary/aromatic N) is 2. The van der Waals surface area contributed by atoms with E-state index in [0.717, 1.165) is 38.2 Å². The molecule has 0 amide bonds. The molecule has 1 aliphatic rings. The van der Waals surface area contributed by atoms with Crippen molar-refractivity contribution in [1.82, 2.24) is 9.80 Å². The molecule has 1 aromatic rings. The van der Waals surface area contributed by atoms with Crippen LogP contribution in [0.2, 0.25) is 0 Å². The van der Waals surface area contributed by atoms with E-state index in [0.29, 0.717) is 6.04 Å². The van der Waals surface area contributed by atoms with Crippen LogP contribution in [0.4, 0.5) is 0 Å². The maximum Gasteiger partial charge on any atom is 0.0802 e. The van der Waals surface area contributed by atoms with E-state index in [2.05, 4.69) is 23.8 Å². The monoisotopic (exact) mass is 262 g/mol. The summed E-state index contributed by atoms with van der Waals surface area (Å²) >= 11 is 0. The lowest BCUT2D eigenvalue weighted by Crippen LogP contribution is -2.51. The van der Waals surface area contributed by atoms with Gasteiger partial charge in [-0.3, -0.25) is 0 Å². The highest BCUT2D eigenvalue weighted by molar-refractivity contribution is 5.17. The molecule has 1 aliphatic heterocycles. The van der Waals surface area contributed by atoms with Crippen LogP contribution in [-0.2, 0) is 0 Å². The van der Waals surface area contributed by atoms with Gasteiger partial charge in [0.1, 0.15) is 0 Å². The highest BCUT2D eigenvalue weighted by Gasteiger charge is 2.22. The predicted octanol–water partition coefficient (Wildman–Crippen LogP) is 2.14. The molecule has 0 spiro atoms. The number of likely N-dealkylation sites (N-methyl/N-ethyl adjacent to an activating group) is 1. The molecule has 2 unspecified atom stereocenters. The summed E-state index contributed by atoms with van der Waals surface area (Å²) in [5.41, 5.74) is 1.03. The van der Waals surface area contributed by atoms with E-state index in [4.69, 9.17) is 0 Å². The minimum atomic E-state index is -0.332. The molecule has 3 heteroatoms. The van der Waals surface area contributed by atoms with E-state index in [9.17, 15) is 5.11 Å². The van der Waals surface area contributed by atoms with Crippen molar-refractivity contribution >= 4 is 0 Å². The molecule has 2 atom stereocenters. The standard InChI is InChI=1S/C16H26N2O/c1-3-15-13-18(12-11-17(15)2)10-9-16(19)14-7-5-4-6-8-14/h4-8,15-16,19H,3,9-13H2,1-2H3. The van der Waals surface area contributed by atoms with Gasteiger partial charge in [-0.05, 0) is 25.5 Å². The van der Waals surface area contributed by atoms with Gasteiger partial charge in [0.05, 0.1) is 6.10 Å². The molecule has 1 aromatic carbocycles. The molecule has 3 nitrogen and oxygen atoms in total. The summed E-state index contributed by atoms with van der Waals surface area (Å²) in [6.07, 6.45) is 1.69. The molecule has 0 bridgehead atoms. The van der Waals surface area contributed by atoms with Gasteiger partial charge in [-0.25, -0.2) is 0 Å². The highest BCUT2D eigenvalue weighted by Crippen LogP contribution is 2.18. The molecule has 106 valence electrons. The zero-order valence-corrected chi connectivity index (χ0v) is 12.1. The molecule has 1 heterocycles. The lowest BCUT2D eigenvalue weighted by molar-refractivity contribution is 0.0755. The normalized spacial score (nSPS) is 23.4. The lowest BCUT2D eigenvalue weighted by atomic mass is 10.1. The van der Waals surface area contributed by atoms with E-state index in [1.54, 1.807) is 0 Å². The first-order chi connectivity index (χ1) is 9.20. The first-order valence-electron chi connectivity index (χ1n) is 7.36. The molecule has 0 saturated carbocycles. The first kappa shape index (κ1) is 14.5. The van der Waals surface area contributed by atoms with E-state index in [-0.39, 0.29) is 6.10 Å². The molecule has 1 N–H and O–H groups in total. The van der Waals surface area contributed by atoms with Gasteiger partial charge in [0.15, 0.2) is 0 Å². The third kappa shape index (κ3) is 4.03. The van der Waals surface area contributed by atoms with Gasteiger partial charge in [0, 0.05) is 32.2 Å². The fourth-order valence-corrected chi connectivity index (χ4v) is 2.80. The molecule has 0 aliphatic carbocycles. The van der Waals surface area contributed by atoms with E-state index in [1.807, 2.05) is 30.3 Å². The van der Waals surface area contributed by atoms with Gasteiger partial charge in [0.25, 0.3) is 0 Å².